The van der Waals surface area contributed by atoms with E-state index in [4.69, 9.17) is 10.6 Å². The molecule has 2 rings (SSSR count). The van der Waals surface area contributed by atoms with Crippen LogP contribution in [0.2, 0.25) is 0 Å². The number of hydrogen-bond acceptors (Lipinski definition) is 5. The molecule has 5 nitrogen and oxygen atoms in total. The van der Waals surface area contributed by atoms with Crippen molar-refractivity contribution in [3.8, 4) is 17.1 Å². The van der Waals surface area contributed by atoms with Gasteiger partial charge in [0.15, 0.2) is 5.82 Å². The molecule has 1 aromatic carbocycles. The van der Waals surface area contributed by atoms with Crippen LogP contribution in [0.15, 0.2) is 36.5 Å². The molecule has 17 heavy (non-hydrogen) atoms. The largest absolute Gasteiger partial charge is 0.494 e. The molecule has 0 saturated heterocycles. The third-order valence-electron chi connectivity index (χ3n) is 2.23. The number of nitrogens with one attached hydrogen (secondary N) is 1. The van der Waals surface area contributed by atoms with Gasteiger partial charge in [0.2, 0.25) is 0 Å². The Morgan fingerprint density at radius 2 is 2.00 bits per heavy atom. The topological polar surface area (TPSA) is 73.1 Å². The van der Waals surface area contributed by atoms with Gasteiger partial charge in [-0.1, -0.05) is 0 Å². The van der Waals surface area contributed by atoms with Crippen LogP contribution < -0.4 is 16.0 Å². The second-order valence-corrected chi connectivity index (χ2v) is 3.37. The van der Waals surface area contributed by atoms with E-state index in [0.717, 1.165) is 11.3 Å². The second kappa shape index (κ2) is 5.27. The normalized spacial score (nSPS) is 10.0. The Morgan fingerprint density at radius 1 is 1.24 bits per heavy atom. The van der Waals surface area contributed by atoms with Crippen LogP contribution in [0.1, 0.15) is 6.92 Å². The Balaban J connectivity index is 2.26. The van der Waals surface area contributed by atoms with Crippen LogP contribution >= 0.6 is 0 Å². The summed E-state index contributed by atoms with van der Waals surface area (Å²) in [6, 6.07) is 9.33. The van der Waals surface area contributed by atoms with E-state index in [9.17, 15) is 0 Å². The summed E-state index contributed by atoms with van der Waals surface area (Å²) in [5.41, 5.74) is 3.41. The summed E-state index contributed by atoms with van der Waals surface area (Å²) in [5, 5.41) is 0. The smallest absolute Gasteiger partial charge is 0.161 e. The van der Waals surface area contributed by atoms with Crippen molar-refractivity contribution in [1.82, 2.24) is 9.97 Å². The number of nitrogens with two attached hydrogens (primary N) is 1. The summed E-state index contributed by atoms with van der Waals surface area (Å²) in [6.07, 6.45) is 1.66. The molecular weight excluding hydrogens is 216 g/mol. The molecule has 0 radical (unpaired) electrons. The van der Waals surface area contributed by atoms with Gasteiger partial charge in [-0.3, -0.25) is 0 Å². The van der Waals surface area contributed by atoms with Crippen molar-refractivity contribution >= 4 is 5.82 Å². The molecule has 0 saturated carbocycles. The lowest BCUT2D eigenvalue weighted by Gasteiger charge is -2.05. The molecule has 0 atom stereocenters. The van der Waals surface area contributed by atoms with E-state index >= 15 is 0 Å². The van der Waals surface area contributed by atoms with Crippen LogP contribution in [-0.4, -0.2) is 16.6 Å². The maximum atomic E-state index is 5.37. The number of nitrogen functional groups attached to an aromatic ring is 1. The molecule has 0 aliphatic heterocycles. The zero-order valence-electron chi connectivity index (χ0n) is 9.55. The Morgan fingerprint density at radius 3 is 2.65 bits per heavy atom. The van der Waals surface area contributed by atoms with E-state index in [2.05, 4.69) is 15.4 Å². The Bertz CT molecular complexity index is 484. The van der Waals surface area contributed by atoms with Gasteiger partial charge in [-0.25, -0.2) is 15.8 Å². The minimum atomic E-state index is 0.587. The van der Waals surface area contributed by atoms with E-state index in [-0.39, 0.29) is 0 Å². The molecule has 0 spiro atoms. The number of hydrogen-bond donors (Lipinski definition) is 2. The lowest BCUT2D eigenvalue weighted by atomic mass is 10.2. The highest BCUT2D eigenvalue weighted by molar-refractivity contribution is 5.57. The van der Waals surface area contributed by atoms with Crippen LogP contribution in [0.4, 0.5) is 5.82 Å². The predicted octanol–water partition coefficient (Wildman–Crippen LogP) is 1.83. The first-order valence-corrected chi connectivity index (χ1v) is 5.36. The van der Waals surface area contributed by atoms with Gasteiger partial charge in [0.25, 0.3) is 0 Å². The summed E-state index contributed by atoms with van der Waals surface area (Å²) in [7, 11) is 0. The summed E-state index contributed by atoms with van der Waals surface area (Å²) >= 11 is 0. The van der Waals surface area contributed by atoms with Crippen LogP contribution in [0.25, 0.3) is 11.4 Å². The zero-order chi connectivity index (χ0) is 12.1. The number of aromatic nitrogens is 2. The number of nitrogens with zero attached hydrogens (tertiary/aromatic N) is 2. The number of benzene rings is 1. The van der Waals surface area contributed by atoms with Gasteiger partial charge in [-0.15, -0.1) is 0 Å². The van der Waals surface area contributed by atoms with Gasteiger partial charge in [0.05, 0.1) is 6.61 Å². The third-order valence-corrected chi connectivity index (χ3v) is 2.23. The van der Waals surface area contributed by atoms with Crippen molar-refractivity contribution in [3.63, 3.8) is 0 Å². The van der Waals surface area contributed by atoms with Crippen LogP contribution in [0.3, 0.4) is 0 Å². The van der Waals surface area contributed by atoms with E-state index in [1.807, 2.05) is 31.2 Å². The Kier molecular flexibility index (Phi) is 3.52. The first-order chi connectivity index (χ1) is 8.33. The van der Waals surface area contributed by atoms with Crippen molar-refractivity contribution in [1.29, 1.82) is 0 Å². The summed E-state index contributed by atoms with van der Waals surface area (Å²) in [4.78, 5) is 8.43. The fraction of sp³-hybridized carbons (Fsp3) is 0.167. The fourth-order valence-electron chi connectivity index (χ4n) is 1.45. The molecular formula is C12H14N4O. The van der Waals surface area contributed by atoms with Gasteiger partial charge in [-0.2, -0.15) is 0 Å². The molecule has 0 amide bonds. The summed E-state index contributed by atoms with van der Waals surface area (Å²) in [6.45, 7) is 2.61. The van der Waals surface area contributed by atoms with Crippen molar-refractivity contribution < 1.29 is 4.74 Å². The monoisotopic (exact) mass is 230 g/mol. The molecule has 5 heteroatoms. The highest BCUT2D eigenvalue weighted by Gasteiger charge is 2.02. The molecule has 1 heterocycles. The van der Waals surface area contributed by atoms with E-state index in [1.54, 1.807) is 12.3 Å². The average molecular weight is 230 g/mol. The van der Waals surface area contributed by atoms with Gasteiger partial charge >= 0.3 is 0 Å². The van der Waals surface area contributed by atoms with Crippen molar-refractivity contribution in [2.75, 3.05) is 12.0 Å². The number of anilines is 1. The minimum Gasteiger partial charge on any atom is -0.494 e. The van der Waals surface area contributed by atoms with Crippen molar-refractivity contribution in [3.05, 3.63) is 36.5 Å². The molecule has 0 bridgehead atoms. The molecule has 1 aromatic heterocycles. The van der Waals surface area contributed by atoms with Crippen LogP contribution in [-0.2, 0) is 0 Å². The quantitative estimate of drug-likeness (QED) is 0.619. The van der Waals surface area contributed by atoms with Crippen LogP contribution in [0.5, 0.6) is 5.75 Å². The summed E-state index contributed by atoms with van der Waals surface area (Å²) < 4.78 is 5.37. The van der Waals surface area contributed by atoms with E-state index in [1.165, 1.54) is 0 Å². The Hall–Kier alpha value is -2.14. The molecule has 2 aromatic rings. The van der Waals surface area contributed by atoms with Gasteiger partial charge in [-0.05, 0) is 31.2 Å². The highest BCUT2D eigenvalue weighted by atomic mass is 16.5. The third kappa shape index (κ3) is 2.70. The van der Waals surface area contributed by atoms with Crippen LogP contribution in [0, 0.1) is 0 Å². The molecule has 0 aliphatic rings. The molecule has 0 aliphatic carbocycles. The first kappa shape index (κ1) is 11.3. The molecule has 3 N–H and O–H groups in total. The molecule has 0 fully saturated rings. The number of rotatable bonds is 4. The zero-order valence-corrected chi connectivity index (χ0v) is 9.55. The molecule has 0 unspecified atom stereocenters. The second-order valence-electron chi connectivity index (χ2n) is 3.37. The minimum absolute atomic E-state index is 0.587. The fourth-order valence-corrected chi connectivity index (χ4v) is 1.45. The highest BCUT2D eigenvalue weighted by Crippen LogP contribution is 2.19. The number of hydrazine groups is 1. The van der Waals surface area contributed by atoms with Gasteiger partial charge in [0.1, 0.15) is 11.6 Å². The van der Waals surface area contributed by atoms with Gasteiger partial charge < -0.3 is 10.2 Å². The van der Waals surface area contributed by atoms with Gasteiger partial charge in [0, 0.05) is 17.8 Å². The van der Waals surface area contributed by atoms with Crippen molar-refractivity contribution in [2.45, 2.75) is 6.92 Å². The number of ether oxygens (including phenoxy) is 1. The van der Waals surface area contributed by atoms with E-state index in [0.29, 0.717) is 18.2 Å². The summed E-state index contributed by atoms with van der Waals surface area (Å²) in [5.74, 6) is 7.35. The SMILES string of the molecule is CCOc1ccc(-c2nccc(NN)n2)cc1. The molecule has 88 valence electrons. The predicted molar refractivity (Wildman–Crippen MR) is 66.4 cm³/mol. The Labute approximate surface area is 99.6 Å². The lowest BCUT2D eigenvalue weighted by molar-refractivity contribution is 0.340. The average Bonchev–Trinajstić information content (AvgIpc) is 2.40. The maximum absolute atomic E-state index is 5.37. The maximum Gasteiger partial charge on any atom is 0.161 e. The lowest BCUT2D eigenvalue weighted by Crippen LogP contribution is -2.09. The van der Waals surface area contributed by atoms with E-state index < -0.39 is 0 Å². The van der Waals surface area contributed by atoms with Crippen molar-refractivity contribution in [2.24, 2.45) is 5.84 Å². The first-order valence-electron chi connectivity index (χ1n) is 5.36. The standard InChI is InChI=1S/C12H14N4O/c1-2-17-10-5-3-9(4-6-10)12-14-8-7-11(15-12)16-13/h3-8H,2,13H2,1H3,(H,14,15,16).